The lowest BCUT2D eigenvalue weighted by Gasteiger charge is -2.14. The van der Waals surface area contributed by atoms with Crippen molar-refractivity contribution in [1.82, 2.24) is 20.1 Å². The molecule has 0 spiro atoms. The molecule has 1 aromatic heterocycles. The molecule has 11 heteroatoms. The minimum absolute atomic E-state index is 0.158. The Balaban J connectivity index is 1.60. The van der Waals surface area contributed by atoms with Crippen molar-refractivity contribution >= 4 is 68.4 Å². The van der Waals surface area contributed by atoms with E-state index in [0.717, 1.165) is 21.3 Å². The average Bonchev–Trinajstić information content (AvgIpc) is 3.12. The van der Waals surface area contributed by atoms with Gasteiger partial charge in [0.25, 0.3) is 5.91 Å². The minimum atomic E-state index is -0.417. The molecule has 1 atom stereocenters. The number of aryl methyl sites for hydroxylation is 2. The molecule has 0 aliphatic rings. The van der Waals surface area contributed by atoms with Crippen LogP contribution >= 0.6 is 50.9 Å². The van der Waals surface area contributed by atoms with Gasteiger partial charge < -0.3 is 15.2 Å². The van der Waals surface area contributed by atoms with Crippen LogP contribution in [0.15, 0.2) is 40.0 Å². The summed E-state index contributed by atoms with van der Waals surface area (Å²) in [5, 5.41) is 15.4. The van der Waals surface area contributed by atoms with Crippen LogP contribution in [0.2, 0.25) is 10.0 Å². The fraction of sp³-hybridized carbons (Fsp3) is 0.273. The molecular weight excluding hydrogens is 549 g/mol. The van der Waals surface area contributed by atoms with Crippen LogP contribution < -0.4 is 10.6 Å². The number of anilines is 1. The number of hydrogen-bond acceptors (Lipinski definition) is 5. The zero-order chi connectivity index (χ0) is 24.3. The van der Waals surface area contributed by atoms with Crippen LogP contribution in [0.5, 0.6) is 0 Å². The molecule has 1 heterocycles. The van der Waals surface area contributed by atoms with Crippen molar-refractivity contribution in [2.45, 2.75) is 32.0 Å². The highest BCUT2D eigenvalue weighted by Crippen LogP contribution is 2.27. The number of carbonyl (C=O) groups excluding carboxylic acids is 2. The standard InChI is InChI=1S/C22H22BrCl2N5O2S/c1-11-7-15(23)18(8-12(11)2)27-19(31)10-33-22-29-28-20(30(22)4)13(3)26-21(32)14-5-6-16(24)17(25)9-14/h5-9,13H,10H2,1-4H3,(H,26,32)(H,27,31)/t13-/m1/s1. The smallest absolute Gasteiger partial charge is 0.251 e. The molecule has 7 nitrogen and oxygen atoms in total. The molecule has 3 rings (SSSR count). The summed E-state index contributed by atoms with van der Waals surface area (Å²) < 4.78 is 2.58. The number of carbonyl (C=O) groups is 2. The van der Waals surface area contributed by atoms with Crippen LogP contribution in [0.4, 0.5) is 5.69 Å². The number of thioether (sulfide) groups is 1. The van der Waals surface area contributed by atoms with Gasteiger partial charge in [0.1, 0.15) is 0 Å². The van der Waals surface area contributed by atoms with E-state index >= 15 is 0 Å². The fourth-order valence-electron chi connectivity index (χ4n) is 3.00. The number of aromatic nitrogens is 3. The van der Waals surface area contributed by atoms with Crippen LogP contribution in [-0.2, 0) is 11.8 Å². The molecule has 33 heavy (non-hydrogen) atoms. The van der Waals surface area contributed by atoms with Gasteiger partial charge in [0.05, 0.1) is 27.5 Å². The van der Waals surface area contributed by atoms with Gasteiger partial charge in [-0.3, -0.25) is 9.59 Å². The molecule has 0 aliphatic heterocycles. The molecule has 2 aromatic carbocycles. The van der Waals surface area contributed by atoms with E-state index in [9.17, 15) is 9.59 Å². The number of rotatable bonds is 7. The number of nitrogens with one attached hydrogen (secondary N) is 2. The zero-order valence-corrected chi connectivity index (χ0v) is 22.3. The second kappa shape index (κ2) is 10.9. The quantitative estimate of drug-likeness (QED) is 0.354. The maximum atomic E-state index is 12.5. The van der Waals surface area contributed by atoms with Gasteiger partial charge in [-0.25, -0.2) is 0 Å². The van der Waals surface area contributed by atoms with E-state index in [1.807, 2.05) is 26.0 Å². The van der Waals surface area contributed by atoms with Gasteiger partial charge in [-0.05, 0) is 78.2 Å². The van der Waals surface area contributed by atoms with Crippen LogP contribution in [-0.4, -0.2) is 32.3 Å². The van der Waals surface area contributed by atoms with Crippen molar-refractivity contribution in [3.8, 4) is 0 Å². The van der Waals surface area contributed by atoms with Crippen molar-refractivity contribution in [3.05, 3.63) is 67.4 Å². The van der Waals surface area contributed by atoms with E-state index in [1.165, 1.54) is 17.8 Å². The van der Waals surface area contributed by atoms with E-state index in [2.05, 4.69) is 36.8 Å². The van der Waals surface area contributed by atoms with E-state index < -0.39 is 6.04 Å². The molecule has 0 aliphatic carbocycles. The number of amides is 2. The summed E-state index contributed by atoms with van der Waals surface area (Å²) in [6, 6.07) is 8.17. The molecular formula is C22H22BrCl2N5O2S. The lowest BCUT2D eigenvalue weighted by atomic mass is 10.1. The normalized spacial score (nSPS) is 11.8. The summed E-state index contributed by atoms with van der Waals surface area (Å²) in [6.45, 7) is 5.81. The molecule has 0 bridgehead atoms. The van der Waals surface area contributed by atoms with E-state index in [4.69, 9.17) is 23.2 Å². The van der Waals surface area contributed by atoms with E-state index in [0.29, 0.717) is 26.6 Å². The van der Waals surface area contributed by atoms with Crippen molar-refractivity contribution in [2.24, 2.45) is 7.05 Å². The Hall–Kier alpha value is -2.07. The van der Waals surface area contributed by atoms with Crippen molar-refractivity contribution < 1.29 is 9.59 Å². The average molecular weight is 571 g/mol. The minimum Gasteiger partial charge on any atom is -0.342 e. The van der Waals surface area contributed by atoms with Crippen LogP contribution in [0.3, 0.4) is 0 Å². The first kappa shape index (κ1) is 25.6. The Morgan fingerprint density at radius 3 is 2.52 bits per heavy atom. The molecule has 0 fully saturated rings. The number of benzene rings is 2. The van der Waals surface area contributed by atoms with Gasteiger partial charge in [0, 0.05) is 17.1 Å². The molecule has 0 unspecified atom stereocenters. The Bertz CT molecular complexity index is 1220. The van der Waals surface area contributed by atoms with Crippen molar-refractivity contribution in [1.29, 1.82) is 0 Å². The molecule has 2 N–H and O–H groups in total. The first-order valence-electron chi connectivity index (χ1n) is 9.91. The predicted molar refractivity (Wildman–Crippen MR) is 136 cm³/mol. The van der Waals surface area contributed by atoms with Crippen LogP contribution in [0, 0.1) is 13.8 Å². The molecule has 174 valence electrons. The number of hydrogen-bond donors (Lipinski definition) is 2. The Morgan fingerprint density at radius 2 is 1.82 bits per heavy atom. The third kappa shape index (κ3) is 6.29. The molecule has 0 saturated carbocycles. The summed E-state index contributed by atoms with van der Waals surface area (Å²) in [4.78, 5) is 25.0. The highest BCUT2D eigenvalue weighted by Gasteiger charge is 2.19. The summed E-state index contributed by atoms with van der Waals surface area (Å²) in [5.74, 6) is 0.254. The van der Waals surface area contributed by atoms with Gasteiger partial charge in [-0.15, -0.1) is 10.2 Å². The summed E-state index contributed by atoms with van der Waals surface area (Å²) in [5.41, 5.74) is 3.35. The second-order valence-corrected chi connectivity index (χ2v) is 10.1. The van der Waals surface area contributed by atoms with E-state index in [-0.39, 0.29) is 17.6 Å². The summed E-state index contributed by atoms with van der Waals surface area (Å²) in [7, 11) is 1.79. The highest BCUT2D eigenvalue weighted by molar-refractivity contribution is 9.10. The fourth-order valence-corrected chi connectivity index (χ4v) is 4.58. The zero-order valence-electron chi connectivity index (χ0n) is 18.4. The molecule has 0 saturated heterocycles. The van der Waals surface area contributed by atoms with Gasteiger partial charge in [0.15, 0.2) is 11.0 Å². The highest BCUT2D eigenvalue weighted by atomic mass is 79.9. The predicted octanol–water partition coefficient (Wildman–Crippen LogP) is 5.72. The maximum absolute atomic E-state index is 12.5. The van der Waals surface area contributed by atoms with E-state index in [1.54, 1.807) is 30.7 Å². The van der Waals surface area contributed by atoms with Gasteiger partial charge in [-0.2, -0.15) is 0 Å². The summed E-state index contributed by atoms with van der Waals surface area (Å²) >= 11 is 16.7. The Morgan fingerprint density at radius 1 is 1.12 bits per heavy atom. The topological polar surface area (TPSA) is 88.9 Å². The first-order chi connectivity index (χ1) is 15.6. The summed E-state index contributed by atoms with van der Waals surface area (Å²) in [6.07, 6.45) is 0. The molecule has 2 amide bonds. The lowest BCUT2D eigenvalue weighted by molar-refractivity contribution is -0.113. The van der Waals surface area contributed by atoms with Gasteiger partial charge >= 0.3 is 0 Å². The Kier molecular flexibility index (Phi) is 8.44. The monoisotopic (exact) mass is 569 g/mol. The van der Waals surface area contributed by atoms with Gasteiger partial charge in [-0.1, -0.05) is 35.0 Å². The number of nitrogens with zero attached hydrogens (tertiary/aromatic N) is 3. The van der Waals surface area contributed by atoms with Crippen LogP contribution in [0.25, 0.3) is 0 Å². The third-order valence-electron chi connectivity index (χ3n) is 4.98. The maximum Gasteiger partial charge on any atom is 0.251 e. The largest absolute Gasteiger partial charge is 0.342 e. The second-order valence-electron chi connectivity index (χ2n) is 7.48. The van der Waals surface area contributed by atoms with Crippen molar-refractivity contribution in [2.75, 3.05) is 11.1 Å². The first-order valence-corrected chi connectivity index (χ1v) is 12.4. The Labute approximate surface area is 214 Å². The lowest BCUT2D eigenvalue weighted by Crippen LogP contribution is -2.28. The van der Waals surface area contributed by atoms with Crippen molar-refractivity contribution in [3.63, 3.8) is 0 Å². The molecule has 3 aromatic rings. The van der Waals surface area contributed by atoms with Gasteiger partial charge in [0.2, 0.25) is 5.91 Å². The third-order valence-corrected chi connectivity index (χ3v) is 7.39. The SMILES string of the molecule is Cc1cc(Br)c(NC(=O)CSc2nnc([C@@H](C)NC(=O)c3ccc(Cl)c(Cl)c3)n2C)cc1C. The number of halogens is 3. The molecule has 0 radical (unpaired) electrons. The van der Waals surface area contributed by atoms with Crippen LogP contribution in [0.1, 0.15) is 40.3 Å².